The number of anilines is 1. The molecule has 3 aromatic rings. The summed E-state index contributed by atoms with van der Waals surface area (Å²) < 4.78 is 6.10. The fourth-order valence-electron chi connectivity index (χ4n) is 4.32. The third kappa shape index (κ3) is 6.57. The fraction of sp³-hybridized carbons (Fsp3) is 0.250. The van der Waals surface area contributed by atoms with Crippen LogP contribution >= 0.6 is 15.9 Å². The number of alkyl carbamates (subject to hydrolysis) is 1. The standard InChI is InChI=1S/C28H27BrN2O4/c29-21-15-16-25(23(17-21)26(32)20-11-5-2-6-12-20)30-27(33)22-13-7-8-14-24(22)31-28(34)35-18-19-9-3-1-4-10-19/h1-6,9-12,15-17,22,24H,7-8,13-14,18H2,(H,30,33)(H,31,34)/t22-,24-/m0/s1. The lowest BCUT2D eigenvalue weighted by molar-refractivity contribution is -0.121. The van der Waals surface area contributed by atoms with E-state index in [4.69, 9.17) is 4.74 Å². The van der Waals surface area contributed by atoms with Crippen molar-refractivity contribution in [1.29, 1.82) is 0 Å². The molecule has 1 fully saturated rings. The molecule has 0 aliphatic heterocycles. The molecule has 0 radical (unpaired) electrons. The van der Waals surface area contributed by atoms with E-state index in [-0.39, 0.29) is 24.3 Å². The number of ketones is 1. The van der Waals surface area contributed by atoms with E-state index in [0.717, 1.165) is 22.9 Å². The highest BCUT2D eigenvalue weighted by Gasteiger charge is 2.33. The normalized spacial score (nSPS) is 17.3. The number of amides is 2. The van der Waals surface area contributed by atoms with Crippen LogP contribution in [0, 0.1) is 5.92 Å². The number of ether oxygens (including phenoxy) is 1. The number of hydrogen-bond donors (Lipinski definition) is 2. The maximum absolute atomic E-state index is 13.3. The third-order valence-electron chi connectivity index (χ3n) is 6.14. The molecule has 0 heterocycles. The van der Waals surface area contributed by atoms with Gasteiger partial charge in [0.25, 0.3) is 0 Å². The van der Waals surface area contributed by atoms with Crippen LogP contribution < -0.4 is 10.6 Å². The van der Waals surface area contributed by atoms with Gasteiger partial charge in [-0.05, 0) is 36.6 Å². The third-order valence-corrected chi connectivity index (χ3v) is 6.63. The first kappa shape index (κ1) is 24.7. The number of hydrogen-bond acceptors (Lipinski definition) is 4. The summed E-state index contributed by atoms with van der Waals surface area (Å²) in [6.45, 7) is 0.167. The largest absolute Gasteiger partial charge is 0.445 e. The molecule has 35 heavy (non-hydrogen) atoms. The minimum absolute atomic E-state index is 0.167. The minimum Gasteiger partial charge on any atom is -0.445 e. The summed E-state index contributed by atoms with van der Waals surface area (Å²) >= 11 is 3.42. The molecular formula is C28H27BrN2O4. The Morgan fingerprint density at radius 2 is 1.57 bits per heavy atom. The van der Waals surface area contributed by atoms with E-state index in [1.165, 1.54) is 0 Å². The van der Waals surface area contributed by atoms with Crippen LogP contribution in [0.3, 0.4) is 0 Å². The van der Waals surface area contributed by atoms with Crippen LogP contribution in [-0.4, -0.2) is 23.8 Å². The van der Waals surface area contributed by atoms with Gasteiger partial charge in [0.05, 0.1) is 11.6 Å². The van der Waals surface area contributed by atoms with Gasteiger partial charge in [-0.15, -0.1) is 0 Å². The highest BCUT2D eigenvalue weighted by Crippen LogP contribution is 2.29. The zero-order valence-electron chi connectivity index (χ0n) is 19.2. The summed E-state index contributed by atoms with van der Waals surface area (Å²) in [4.78, 5) is 38.9. The smallest absolute Gasteiger partial charge is 0.407 e. The molecule has 0 saturated heterocycles. The van der Waals surface area contributed by atoms with E-state index >= 15 is 0 Å². The first-order valence-electron chi connectivity index (χ1n) is 11.7. The van der Waals surface area contributed by atoms with Crippen molar-refractivity contribution >= 4 is 39.4 Å². The van der Waals surface area contributed by atoms with Crippen LogP contribution in [0.2, 0.25) is 0 Å². The van der Waals surface area contributed by atoms with E-state index < -0.39 is 12.0 Å². The van der Waals surface area contributed by atoms with Gasteiger partial charge in [0.2, 0.25) is 5.91 Å². The van der Waals surface area contributed by atoms with Crippen molar-refractivity contribution in [2.24, 2.45) is 5.92 Å². The molecule has 7 heteroatoms. The molecule has 1 aliphatic rings. The lowest BCUT2D eigenvalue weighted by atomic mass is 9.83. The average molecular weight is 535 g/mol. The quantitative estimate of drug-likeness (QED) is 0.358. The number of halogens is 1. The first-order valence-corrected chi connectivity index (χ1v) is 12.5. The van der Waals surface area contributed by atoms with Gasteiger partial charge in [0, 0.05) is 21.6 Å². The van der Waals surface area contributed by atoms with Gasteiger partial charge < -0.3 is 15.4 Å². The number of carbonyl (C=O) groups excluding carboxylic acids is 3. The molecule has 0 unspecified atom stereocenters. The van der Waals surface area contributed by atoms with Gasteiger partial charge in [-0.25, -0.2) is 4.79 Å². The van der Waals surface area contributed by atoms with Gasteiger partial charge in [-0.3, -0.25) is 9.59 Å². The highest BCUT2D eigenvalue weighted by atomic mass is 79.9. The van der Waals surface area contributed by atoms with Gasteiger partial charge in [0.15, 0.2) is 5.78 Å². The van der Waals surface area contributed by atoms with Gasteiger partial charge in [0.1, 0.15) is 6.61 Å². The molecule has 2 N–H and O–H groups in total. The van der Waals surface area contributed by atoms with E-state index in [1.807, 2.05) is 36.4 Å². The van der Waals surface area contributed by atoms with Crippen LogP contribution in [0.25, 0.3) is 0 Å². The molecule has 6 nitrogen and oxygen atoms in total. The Bertz CT molecular complexity index is 1180. The molecule has 180 valence electrons. The summed E-state index contributed by atoms with van der Waals surface area (Å²) in [5, 5.41) is 5.83. The second-order valence-corrected chi connectivity index (χ2v) is 9.49. The average Bonchev–Trinajstić information content (AvgIpc) is 2.89. The van der Waals surface area contributed by atoms with Crippen molar-refractivity contribution in [2.75, 3.05) is 5.32 Å². The number of rotatable bonds is 7. The summed E-state index contributed by atoms with van der Waals surface area (Å²) in [5.41, 5.74) is 2.29. The predicted octanol–water partition coefficient (Wildman–Crippen LogP) is 6.10. The van der Waals surface area contributed by atoms with E-state index in [0.29, 0.717) is 29.7 Å². The highest BCUT2D eigenvalue weighted by molar-refractivity contribution is 9.10. The van der Waals surface area contributed by atoms with Crippen LogP contribution in [0.5, 0.6) is 0 Å². The molecule has 3 aromatic carbocycles. The molecule has 0 spiro atoms. The van der Waals surface area contributed by atoms with Crippen molar-refractivity contribution < 1.29 is 19.1 Å². The summed E-state index contributed by atoms with van der Waals surface area (Å²) in [6, 6.07) is 23.3. The Labute approximate surface area is 213 Å². The maximum atomic E-state index is 13.3. The Morgan fingerprint density at radius 3 is 2.31 bits per heavy atom. The second kappa shape index (κ2) is 11.8. The van der Waals surface area contributed by atoms with Crippen LogP contribution in [0.15, 0.2) is 83.3 Å². The monoisotopic (exact) mass is 534 g/mol. The van der Waals surface area contributed by atoms with Crippen molar-refractivity contribution in [3.8, 4) is 0 Å². The van der Waals surface area contributed by atoms with Gasteiger partial charge >= 0.3 is 6.09 Å². The zero-order chi connectivity index (χ0) is 24.6. The topological polar surface area (TPSA) is 84.5 Å². The molecule has 0 bridgehead atoms. The lowest BCUT2D eigenvalue weighted by Crippen LogP contribution is -2.46. The van der Waals surface area contributed by atoms with Crippen LogP contribution in [0.4, 0.5) is 10.5 Å². The SMILES string of the molecule is O=C(N[C@H]1CCCC[C@@H]1C(=O)Nc1ccc(Br)cc1C(=O)c1ccccc1)OCc1ccccc1. The first-order chi connectivity index (χ1) is 17.0. The lowest BCUT2D eigenvalue weighted by Gasteiger charge is -2.31. The van der Waals surface area contributed by atoms with Crippen molar-refractivity contribution in [1.82, 2.24) is 5.32 Å². The minimum atomic E-state index is -0.540. The molecule has 1 saturated carbocycles. The van der Waals surface area contributed by atoms with Crippen molar-refractivity contribution in [3.05, 3.63) is 100 Å². The number of carbonyl (C=O) groups is 3. The van der Waals surface area contributed by atoms with E-state index in [9.17, 15) is 14.4 Å². The molecule has 4 rings (SSSR count). The molecule has 1 aliphatic carbocycles. The molecule has 2 atom stereocenters. The Morgan fingerprint density at radius 1 is 0.886 bits per heavy atom. The zero-order valence-corrected chi connectivity index (χ0v) is 20.8. The number of nitrogens with one attached hydrogen (secondary N) is 2. The number of benzene rings is 3. The van der Waals surface area contributed by atoms with Crippen LogP contribution in [-0.2, 0) is 16.1 Å². The van der Waals surface area contributed by atoms with Crippen molar-refractivity contribution in [3.63, 3.8) is 0 Å². The summed E-state index contributed by atoms with van der Waals surface area (Å²) in [7, 11) is 0. The summed E-state index contributed by atoms with van der Waals surface area (Å²) in [6.07, 6.45) is 2.61. The molecular weight excluding hydrogens is 508 g/mol. The van der Waals surface area contributed by atoms with E-state index in [2.05, 4.69) is 26.6 Å². The molecule has 0 aromatic heterocycles. The van der Waals surface area contributed by atoms with Gasteiger partial charge in [-0.2, -0.15) is 0 Å². The van der Waals surface area contributed by atoms with Gasteiger partial charge in [-0.1, -0.05) is 89.4 Å². The fourth-order valence-corrected chi connectivity index (χ4v) is 4.68. The summed E-state index contributed by atoms with van der Waals surface area (Å²) in [5.74, 6) is -0.816. The Kier molecular flexibility index (Phi) is 8.32. The van der Waals surface area contributed by atoms with Crippen LogP contribution in [0.1, 0.15) is 47.2 Å². The van der Waals surface area contributed by atoms with E-state index in [1.54, 1.807) is 42.5 Å². The molecule has 2 amide bonds. The Balaban J connectivity index is 1.44. The van der Waals surface area contributed by atoms with Crippen molar-refractivity contribution in [2.45, 2.75) is 38.3 Å². The predicted molar refractivity (Wildman–Crippen MR) is 138 cm³/mol. The maximum Gasteiger partial charge on any atom is 0.407 e. The Hall–Kier alpha value is -3.45. The second-order valence-electron chi connectivity index (χ2n) is 8.58.